The second-order valence-electron chi connectivity index (χ2n) is 5.36. The van der Waals surface area contributed by atoms with Gasteiger partial charge >= 0.3 is 0 Å². The minimum absolute atomic E-state index is 0.145. The number of amides is 1. The molecule has 2 aromatic rings. The summed E-state index contributed by atoms with van der Waals surface area (Å²) in [6, 6.07) is 4.02. The number of nitrogens with one attached hydrogen (secondary N) is 3. The van der Waals surface area contributed by atoms with Crippen LogP contribution in [0.4, 0.5) is 5.69 Å². The summed E-state index contributed by atoms with van der Waals surface area (Å²) in [5.41, 5.74) is 5.20. The molecule has 5 N–H and O–H groups in total. The van der Waals surface area contributed by atoms with Crippen molar-refractivity contribution in [1.29, 1.82) is 0 Å². The van der Waals surface area contributed by atoms with Gasteiger partial charge < -0.3 is 11.1 Å². The first-order valence-corrected chi connectivity index (χ1v) is 6.70. The Morgan fingerprint density at radius 1 is 1.24 bits per heavy atom. The summed E-state index contributed by atoms with van der Waals surface area (Å²) in [5, 5.41) is 7.47. The molecular formula is C14H18N4O3. The maximum absolute atomic E-state index is 12.1. The average molecular weight is 290 g/mol. The molecule has 2 rings (SSSR count). The van der Waals surface area contributed by atoms with Gasteiger partial charge in [-0.25, -0.2) is 0 Å². The predicted molar refractivity (Wildman–Crippen MR) is 81.2 cm³/mol. The Labute approximate surface area is 120 Å². The highest BCUT2D eigenvalue weighted by molar-refractivity contribution is 6.03. The van der Waals surface area contributed by atoms with Crippen molar-refractivity contribution in [1.82, 2.24) is 10.2 Å². The minimum atomic E-state index is -0.665. The van der Waals surface area contributed by atoms with Crippen molar-refractivity contribution in [2.24, 2.45) is 11.7 Å². The third kappa shape index (κ3) is 3.19. The van der Waals surface area contributed by atoms with Gasteiger partial charge in [0.25, 0.3) is 11.1 Å². The van der Waals surface area contributed by atoms with Gasteiger partial charge in [0, 0.05) is 0 Å². The zero-order valence-electron chi connectivity index (χ0n) is 11.9. The Morgan fingerprint density at radius 2 is 1.90 bits per heavy atom. The van der Waals surface area contributed by atoms with Crippen molar-refractivity contribution >= 4 is 22.4 Å². The van der Waals surface area contributed by atoms with Crippen LogP contribution in [0, 0.1) is 5.92 Å². The summed E-state index contributed by atoms with van der Waals surface area (Å²) < 4.78 is 0. The topological polar surface area (TPSA) is 121 Å². The summed E-state index contributed by atoms with van der Waals surface area (Å²) in [6.07, 6.45) is 0.535. The van der Waals surface area contributed by atoms with Crippen molar-refractivity contribution in [2.75, 3.05) is 5.32 Å². The van der Waals surface area contributed by atoms with Crippen LogP contribution in [0.5, 0.6) is 0 Å². The Morgan fingerprint density at radius 3 is 2.57 bits per heavy atom. The second-order valence-corrected chi connectivity index (χ2v) is 5.36. The monoisotopic (exact) mass is 290 g/mol. The Hall–Kier alpha value is -2.41. The zero-order valence-corrected chi connectivity index (χ0v) is 11.9. The molecule has 0 bridgehead atoms. The molecule has 1 aromatic carbocycles. The van der Waals surface area contributed by atoms with E-state index in [0.717, 1.165) is 0 Å². The van der Waals surface area contributed by atoms with Gasteiger partial charge in [0.1, 0.15) is 0 Å². The highest BCUT2D eigenvalue weighted by Crippen LogP contribution is 2.17. The first-order chi connectivity index (χ1) is 9.90. The Balaban J connectivity index is 2.40. The number of fused-ring (bicyclic) bond motifs is 1. The molecule has 0 unspecified atom stereocenters. The minimum Gasteiger partial charge on any atom is -0.324 e. The van der Waals surface area contributed by atoms with E-state index in [2.05, 4.69) is 15.5 Å². The van der Waals surface area contributed by atoms with E-state index in [1.54, 1.807) is 12.1 Å². The van der Waals surface area contributed by atoms with Crippen molar-refractivity contribution in [3.05, 3.63) is 38.9 Å². The number of carbonyl (C=O) groups excluding carboxylic acids is 1. The summed E-state index contributed by atoms with van der Waals surface area (Å²) in [6.45, 7) is 3.94. The van der Waals surface area contributed by atoms with E-state index in [9.17, 15) is 14.4 Å². The van der Waals surface area contributed by atoms with Crippen molar-refractivity contribution in [3.8, 4) is 0 Å². The summed E-state index contributed by atoms with van der Waals surface area (Å²) in [7, 11) is 0. The van der Waals surface area contributed by atoms with Crippen LogP contribution in [-0.4, -0.2) is 22.1 Å². The van der Waals surface area contributed by atoms with Crippen LogP contribution in [-0.2, 0) is 4.79 Å². The molecule has 0 aliphatic carbocycles. The number of carbonyl (C=O) groups is 1. The van der Waals surface area contributed by atoms with Gasteiger partial charge in [-0.2, -0.15) is 0 Å². The van der Waals surface area contributed by atoms with E-state index in [1.165, 1.54) is 6.07 Å². The number of benzene rings is 1. The van der Waals surface area contributed by atoms with Crippen molar-refractivity contribution < 1.29 is 4.79 Å². The lowest BCUT2D eigenvalue weighted by Gasteiger charge is -2.14. The SMILES string of the molecule is CC(C)C[C@@H](N)C(=O)Nc1cccc2c(=O)[nH][nH]c(=O)c12. The quantitative estimate of drug-likeness (QED) is 0.656. The van der Waals surface area contributed by atoms with Crippen LogP contribution in [0.25, 0.3) is 10.8 Å². The number of aromatic amines is 2. The van der Waals surface area contributed by atoms with E-state index in [1.807, 2.05) is 13.8 Å². The summed E-state index contributed by atoms with van der Waals surface area (Å²) in [4.78, 5) is 35.6. The van der Waals surface area contributed by atoms with Gasteiger partial charge in [0.2, 0.25) is 5.91 Å². The molecule has 7 heteroatoms. The van der Waals surface area contributed by atoms with Gasteiger partial charge in [-0.3, -0.25) is 24.6 Å². The van der Waals surface area contributed by atoms with E-state index in [-0.39, 0.29) is 28.3 Å². The highest BCUT2D eigenvalue weighted by atomic mass is 16.2. The van der Waals surface area contributed by atoms with Crippen LogP contribution in [0.3, 0.4) is 0 Å². The van der Waals surface area contributed by atoms with Gasteiger partial charge in [0.05, 0.1) is 22.5 Å². The molecule has 0 aliphatic rings. The van der Waals surface area contributed by atoms with Crippen molar-refractivity contribution in [2.45, 2.75) is 26.3 Å². The lowest BCUT2D eigenvalue weighted by atomic mass is 10.0. The third-order valence-electron chi connectivity index (χ3n) is 3.15. The number of aromatic nitrogens is 2. The molecule has 0 fully saturated rings. The standard InChI is InChI=1S/C14H18N4O3/c1-7(2)6-9(15)13(20)16-10-5-3-4-8-11(10)14(21)18-17-12(8)19/h3-5,7,9H,6,15H2,1-2H3,(H,16,20)(H,17,19)(H,18,21)/t9-/m1/s1. The van der Waals surface area contributed by atoms with Crippen LogP contribution < -0.4 is 22.2 Å². The number of hydrogen-bond donors (Lipinski definition) is 4. The summed E-state index contributed by atoms with van der Waals surface area (Å²) >= 11 is 0. The van der Waals surface area contributed by atoms with Crippen LogP contribution in [0.15, 0.2) is 27.8 Å². The van der Waals surface area contributed by atoms with Gasteiger partial charge in [-0.1, -0.05) is 19.9 Å². The van der Waals surface area contributed by atoms with Gasteiger partial charge in [-0.15, -0.1) is 0 Å². The molecule has 0 saturated heterocycles. The predicted octanol–water partition coefficient (Wildman–Crippen LogP) is 0.528. The Kier molecular flexibility index (Phi) is 4.23. The number of rotatable bonds is 4. The molecule has 1 amide bonds. The maximum atomic E-state index is 12.1. The molecule has 1 heterocycles. The molecular weight excluding hydrogens is 272 g/mol. The lowest BCUT2D eigenvalue weighted by molar-refractivity contribution is -0.117. The van der Waals surface area contributed by atoms with Crippen LogP contribution in [0.1, 0.15) is 20.3 Å². The number of hydrogen-bond acceptors (Lipinski definition) is 4. The fraction of sp³-hybridized carbons (Fsp3) is 0.357. The number of nitrogens with two attached hydrogens (primary N) is 1. The van der Waals surface area contributed by atoms with Crippen molar-refractivity contribution in [3.63, 3.8) is 0 Å². The highest BCUT2D eigenvalue weighted by Gasteiger charge is 2.17. The molecule has 21 heavy (non-hydrogen) atoms. The fourth-order valence-electron chi connectivity index (χ4n) is 2.17. The van der Waals surface area contributed by atoms with Crippen LogP contribution in [0.2, 0.25) is 0 Å². The third-order valence-corrected chi connectivity index (χ3v) is 3.15. The number of H-pyrrole nitrogens is 2. The molecule has 0 radical (unpaired) electrons. The van der Waals surface area contributed by atoms with Gasteiger partial charge in [0.15, 0.2) is 0 Å². The largest absolute Gasteiger partial charge is 0.324 e. The molecule has 0 saturated carbocycles. The molecule has 112 valence electrons. The first kappa shape index (κ1) is 15.0. The van der Waals surface area contributed by atoms with E-state index in [0.29, 0.717) is 6.42 Å². The lowest BCUT2D eigenvalue weighted by Crippen LogP contribution is -2.37. The molecule has 1 aromatic heterocycles. The second kappa shape index (κ2) is 5.92. The molecule has 0 spiro atoms. The molecule has 7 nitrogen and oxygen atoms in total. The smallest absolute Gasteiger partial charge is 0.272 e. The fourth-order valence-corrected chi connectivity index (χ4v) is 2.17. The zero-order chi connectivity index (χ0) is 15.6. The first-order valence-electron chi connectivity index (χ1n) is 6.70. The maximum Gasteiger partial charge on any atom is 0.272 e. The normalized spacial score (nSPS) is 12.6. The van der Waals surface area contributed by atoms with Crippen LogP contribution >= 0.6 is 0 Å². The van der Waals surface area contributed by atoms with E-state index in [4.69, 9.17) is 5.73 Å². The Bertz CT molecular complexity index is 776. The molecule has 1 atom stereocenters. The van der Waals surface area contributed by atoms with E-state index < -0.39 is 17.2 Å². The van der Waals surface area contributed by atoms with E-state index >= 15 is 0 Å². The number of anilines is 1. The van der Waals surface area contributed by atoms with Gasteiger partial charge in [-0.05, 0) is 24.5 Å². The average Bonchev–Trinajstić information content (AvgIpc) is 2.42. The molecule has 0 aliphatic heterocycles. The summed E-state index contributed by atoms with van der Waals surface area (Å²) in [5.74, 6) is -0.0969.